The Morgan fingerprint density at radius 2 is 1.54 bits per heavy atom. The molecule has 0 unspecified atom stereocenters. The Morgan fingerprint density at radius 1 is 1.07 bits per heavy atom. The number of hydrogen-bond donors (Lipinski definition) is 0. The molecular formula is C19H26N3O5P. The van der Waals surface area contributed by atoms with Crippen LogP contribution in [-0.4, -0.2) is 46.2 Å². The highest BCUT2D eigenvalue weighted by molar-refractivity contribution is 7.72. The summed E-state index contributed by atoms with van der Waals surface area (Å²) in [7, 11) is -3.99. The number of unbranched alkanes of at least 4 members (excludes halogenated alkanes) is 2. The molecule has 152 valence electrons. The average molecular weight is 407 g/mol. The van der Waals surface area contributed by atoms with Crippen LogP contribution in [0.3, 0.4) is 0 Å². The summed E-state index contributed by atoms with van der Waals surface area (Å²) in [4.78, 5) is 29.5. The Morgan fingerprint density at radius 3 is 1.93 bits per heavy atom. The first kappa shape index (κ1) is 22.2. The molecule has 1 aliphatic rings. The molecule has 0 aliphatic carbocycles. The summed E-state index contributed by atoms with van der Waals surface area (Å²) in [5.74, 6) is -1.08. The Balaban J connectivity index is 2.32. The number of nitrogens with zero attached hydrogens (tertiary/aromatic N) is 3. The van der Waals surface area contributed by atoms with Gasteiger partial charge in [0.15, 0.2) is 0 Å². The van der Waals surface area contributed by atoms with E-state index < -0.39 is 25.5 Å². The highest BCUT2D eigenvalue weighted by Gasteiger charge is 2.51. The van der Waals surface area contributed by atoms with Crippen LogP contribution < -0.4 is 0 Å². The number of carbonyl (C=O) groups is 2. The summed E-state index contributed by atoms with van der Waals surface area (Å²) in [6.45, 7) is 5.67. The molecule has 9 heteroatoms. The van der Waals surface area contributed by atoms with Gasteiger partial charge < -0.3 is 14.6 Å². The van der Waals surface area contributed by atoms with Crippen LogP contribution >= 0.6 is 7.60 Å². The third-order valence-corrected chi connectivity index (χ3v) is 6.56. The zero-order valence-electron chi connectivity index (χ0n) is 16.5. The van der Waals surface area contributed by atoms with Gasteiger partial charge in [-0.25, -0.2) is 4.57 Å². The molecule has 1 aliphatic heterocycles. The van der Waals surface area contributed by atoms with E-state index >= 15 is 0 Å². The van der Waals surface area contributed by atoms with Gasteiger partial charge in [-0.05, 0) is 31.9 Å². The van der Waals surface area contributed by atoms with Gasteiger partial charge in [0, 0.05) is 0 Å². The molecule has 0 bridgehead atoms. The third-order valence-electron chi connectivity index (χ3n) is 4.49. The molecule has 1 aromatic carbocycles. The minimum atomic E-state index is -3.99. The van der Waals surface area contributed by atoms with Crippen molar-refractivity contribution in [2.45, 2.75) is 52.5 Å². The fourth-order valence-corrected chi connectivity index (χ4v) is 4.63. The van der Waals surface area contributed by atoms with Gasteiger partial charge in [-0.2, -0.15) is 4.79 Å². The van der Waals surface area contributed by atoms with E-state index in [0.29, 0.717) is 12.8 Å². The van der Waals surface area contributed by atoms with Crippen LogP contribution in [0, 0.1) is 0 Å². The second kappa shape index (κ2) is 9.89. The van der Waals surface area contributed by atoms with Crippen molar-refractivity contribution in [3.8, 4) is 0 Å². The van der Waals surface area contributed by atoms with Gasteiger partial charge in [0.05, 0.1) is 24.3 Å². The summed E-state index contributed by atoms with van der Waals surface area (Å²) < 4.78 is 24.4. The second-order valence-electron chi connectivity index (χ2n) is 6.53. The molecular weight excluding hydrogens is 381 g/mol. The van der Waals surface area contributed by atoms with E-state index in [1.165, 1.54) is 6.92 Å². The molecule has 2 rings (SSSR count). The largest absolute Gasteiger partial charge is 0.439 e. The minimum absolute atomic E-state index is 0.147. The first-order valence-electron chi connectivity index (χ1n) is 9.49. The molecule has 28 heavy (non-hydrogen) atoms. The van der Waals surface area contributed by atoms with E-state index in [-0.39, 0.29) is 29.8 Å². The van der Waals surface area contributed by atoms with E-state index in [1.807, 2.05) is 13.8 Å². The molecule has 2 amide bonds. The van der Waals surface area contributed by atoms with Gasteiger partial charge in [0.25, 0.3) is 11.8 Å². The molecule has 1 atom stereocenters. The fraction of sp³-hybridized carbons (Fsp3) is 0.526. The van der Waals surface area contributed by atoms with Crippen LogP contribution in [-0.2, 0) is 13.6 Å². The predicted octanol–water partition coefficient (Wildman–Crippen LogP) is 4.13. The standard InChI is InChI=1S/C19H26N3O5P/c1-4-6-12-26-28(25,27-13-7-5-2)17(21-20)14(3)22-18(23)15-10-8-9-11-16(15)19(22)24/h8-11,14H,4-7,12-13H2,1-3H3/t14-/m0/s1. The number of fused-ring (bicyclic) bond motifs is 1. The maximum absolute atomic E-state index is 13.4. The number of amides is 2. The monoisotopic (exact) mass is 407 g/mol. The molecule has 0 saturated heterocycles. The number of imide groups is 1. The Hall–Kier alpha value is -2.11. The van der Waals surface area contributed by atoms with Gasteiger partial charge in [-0.1, -0.05) is 38.8 Å². The van der Waals surface area contributed by atoms with Crippen LogP contribution in [0.25, 0.3) is 5.53 Å². The smallest absolute Gasteiger partial charge is 0.361 e. The van der Waals surface area contributed by atoms with Gasteiger partial charge in [-0.15, -0.1) is 0 Å². The van der Waals surface area contributed by atoms with Crippen molar-refractivity contribution in [1.29, 1.82) is 0 Å². The van der Waals surface area contributed by atoms with Gasteiger partial charge in [0.2, 0.25) is 0 Å². The first-order chi connectivity index (χ1) is 13.4. The molecule has 0 N–H and O–H groups in total. The molecule has 8 nitrogen and oxygen atoms in total. The van der Waals surface area contributed by atoms with Crippen LogP contribution in [0.1, 0.15) is 67.2 Å². The Bertz CT molecular complexity index is 786. The minimum Gasteiger partial charge on any atom is -0.361 e. The number of benzene rings is 1. The molecule has 1 heterocycles. The lowest BCUT2D eigenvalue weighted by atomic mass is 10.1. The zero-order chi connectivity index (χ0) is 20.7. The highest BCUT2D eigenvalue weighted by atomic mass is 31.2. The third kappa shape index (κ3) is 4.47. The van der Waals surface area contributed by atoms with Crippen LogP contribution in [0.4, 0.5) is 0 Å². The lowest BCUT2D eigenvalue weighted by molar-refractivity contribution is -0.0128. The number of rotatable bonds is 11. The number of hydrogen-bond acceptors (Lipinski definition) is 5. The molecule has 1 aromatic rings. The summed E-state index contributed by atoms with van der Waals surface area (Å²) >= 11 is 0. The Kier molecular flexibility index (Phi) is 7.84. The van der Waals surface area contributed by atoms with Crippen LogP contribution in [0.15, 0.2) is 24.3 Å². The van der Waals surface area contributed by atoms with Gasteiger partial charge >= 0.3 is 13.0 Å². The van der Waals surface area contributed by atoms with Crippen molar-refractivity contribution in [3.05, 3.63) is 40.9 Å². The maximum atomic E-state index is 13.4. The summed E-state index contributed by atoms with van der Waals surface area (Å²) in [6, 6.07) is 5.32. The molecule has 0 saturated carbocycles. The molecule has 0 aromatic heterocycles. The maximum Gasteiger partial charge on any atom is 0.439 e. The average Bonchev–Trinajstić information content (AvgIpc) is 2.93. The van der Waals surface area contributed by atoms with Crippen LogP contribution in [0.5, 0.6) is 0 Å². The number of carbonyl (C=O) groups excluding carboxylic acids is 2. The lowest BCUT2D eigenvalue weighted by Gasteiger charge is -2.23. The summed E-state index contributed by atoms with van der Waals surface area (Å²) in [5, 5.41) is 0. The highest BCUT2D eigenvalue weighted by Crippen LogP contribution is 2.51. The fourth-order valence-electron chi connectivity index (χ4n) is 2.87. The van der Waals surface area contributed by atoms with Crippen molar-refractivity contribution in [3.63, 3.8) is 0 Å². The topological polar surface area (TPSA) is 109 Å². The van der Waals surface area contributed by atoms with Crippen molar-refractivity contribution in [1.82, 2.24) is 4.90 Å². The molecule has 0 fully saturated rings. The summed E-state index contributed by atoms with van der Waals surface area (Å²) in [6.07, 6.45) is 2.91. The van der Waals surface area contributed by atoms with E-state index in [0.717, 1.165) is 17.7 Å². The van der Waals surface area contributed by atoms with Crippen molar-refractivity contribution < 1.29 is 28.0 Å². The van der Waals surface area contributed by atoms with Gasteiger partial charge in [-0.3, -0.25) is 14.5 Å². The predicted molar refractivity (Wildman–Crippen MR) is 104 cm³/mol. The Labute approximate surface area is 165 Å². The van der Waals surface area contributed by atoms with Crippen LogP contribution in [0.2, 0.25) is 0 Å². The SMILES string of the molecule is CCCCOP(=O)(OCCCC)C(=[N+]=[N-])[C@H](C)N1C(=O)c2ccccc2C1=O. The quantitative estimate of drug-likeness (QED) is 0.137. The lowest BCUT2D eigenvalue weighted by Crippen LogP contribution is -2.43. The van der Waals surface area contributed by atoms with Crippen molar-refractivity contribution >= 4 is 24.9 Å². The van der Waals surface area contributed by atoms with E-state index in [2.05, 4.69) is 4.79 Å². The van der Waals surface area contributed by atoms with E-state index in [1.54, 1.807) is 24.3 Å². The van der Waals surface area contributed by atoms with Crippen molar-refractivity contribution in [2.24, 2.45) is 0 Å². The van der Waals surface area contributed by atoms with Gasteiger partial charge in [0.1, 0.15) is 6.04 Å². The summed E-state index contributed by atoms with van der Waals surface area (Å²) in [5.41, 5.74) is 9.76. The van der Waals surface area contributed by atoms with E-state index in [4.69, 9.17) is 9.05 Å². The second-order valence-corrected chi connectivity index (χ2v) is 8.50. The normalized spacial score (nSPS) is 14.8. The molecule has 0 radical (unpaired) electrons. The molecule has 0 spiro atoms. The van der Waals surface area contributed by atoms with E-state index in [9.17, 15) is 19.7 Å². The first-order valence-corrected chi connectivity index (χ1v) is 11.0. The van der Waals surface area contributed by atoms with Crippen molar-refractivity contribution in [2.75, 3.05) is 13.2 Å². The zero-order valence-corrected chi connectivity index (χ0v) is 17.4.